The molecule has 0 radical (unpaired) electrons. The summed E-state index contributed by atoms with van der Waals surface area (Å²) in [6, 6.07) is 19.8. The number of nitrogens with two attached hydrogens (primary N) is 1. The Morgan fingerprint density at radius 1 is 1.06 bits per heavy atom. The van der Waals surface area contributed by atoms with E-state index < -0.39 is 15.9 Å². The standard InChI is InChI=1S/C23H24N4O3S/c24-22(25)19-7-3-4-16(12-19)15-27-11-10-20(23(27)28)14-26-31(29,30)21-9-8-17-5-1-2-6-18(17)13-21/h1-9,12-13,20,26H,10-11,14-15H2,(H3,24,25)/t20-/m0/s1. The fourth-order valence-electron chi connectivity index (χ4n) is 3.84. The molecule has 1 heterocycles. The third kappa shape index (κ3) is 4.60. The highest BCUT2D eigenvalue weighted by molar-refractivity contribution is 7.89. The number of nitrogen functional groups attached to an aromatic ring is 1. The predicted molar refractivity (Wildman–Crippen MR) is 120 cm³/mol. The third-order valence-corrected chi connectivity index (χ3v) is 6.99. The summed E-state index contributed by atoms with van der Waals surface area (Å²) in [6.45, 7) is 1.04. The van der Waals surface area contributed by atoms with E-state index in [2.05, 4.69) is 4.72 Å². The molecule has 0 aliphatic carbocycles. The number of benzene rings is 3. The van der Waals surface area contributed by atoms with Gasteiger partial charge in [-0.2, -0.15) is 0 Å². The van der Waals surface area contributed by atoms with Crippen molar-refractivity contribution in [2.24, 2.45) is 11.7 Å². The molecule has 0 saturated carbocycles. The van der Waals surface area contributed by atoms with Gasteiger partial charge in [0.15, 0.2) is 0 Å². The third-order valence-electron chi connectivity index (χ3n) is 5.57. The zero-order chi connectivity index (χ0) is 22.0. The highest BCUT2D eigenvalue weighted by Crippen LogP contribution is 2.22. The number of hydrogen-bond acceptors (Lipinski definition) is 4. The Bertz CT molecular complexity index is 1260. The Labute approximate surface area is 181 Å². The predicted octanol–water partition coefficient (Wildman–Crippen LogP) is 2.45. The molecule has 3 aromatic carbocycles. The number of carbonyl (C=O) groups excluding carboxylic acids is 1. The first kappa shape index (κ1) is 21.0. The molecule has 1 atom stereocenters. The van der Waals surface area contributed by atoms with E-state index in [4.69, 9.17) is 11.1 Å². The lowest BCUT2D eigenvalue weighted by molar-refractivity contribution is -0.131. The Morgan fingerprint density at radius 3 is 2.61 bits per heavy atom. The molecule has 0 unspecified atom stereocenters. The number of amides is 1. The van der Waals surface area contributed by atoms with Crippen molar-refractivity contribution >= 4 is 32.5 Å². The van der Waals surface area contributed by atoms with Crippen LogP contribution in [0.3, 0.4) is 0 Å². The molecule has 1 fully saturated rings. The molecule has 0 bridgehead atoms. The molecule has 1 amide bonds. The van der Waals surface area contributed by atoms with Crippen LogP contribution in [0, 0.1) is 11.3 Å². The Morgan fingerprint density at radius 2 is 1.84 bits per heavy atom. The van der Waals surface area contributed by atoms with Crippen LogP contribution in [0.2, 0.25) is 0 Å². The summed E-state index contributed by atoms with van der Waals surface area (Å²) >= 11 is 0. The van der Waals surface area contributed by atoms with Gasteiger partial charge in [0.05, 0.1) is 10.8 Å². The van der Waals surface area contributed by atoms with Gasteiger partial charge in [-0.05, 0) is 41.0 Å². The molecule has 31 heavy (non-hydrogen) atoms. The topological polar surface area (TPSA) is 116 Å². The summed E-state index contributed by atoms with van der Waals surface area (Å²) < 4.78 is 28.1. The summed E-state index contributed by atoms with van der Waals surface area (Å²) in [4.78, 5) is 14.7. The first-order chi connectivity index (χ1) is 14.8. The molecule has 1 aliphatic rings. The molecule has 8 heteroatoms. The number of hydrogen-bond donors (Lipinski definition) is 3. The number of amidine groups is 1. The van der Waals surface area contributed by atoms with Crippen molar-refractivity contribution in [2.75, 3.05) is 13.1 Å². The van der Waals surface area contributed by atoms with Crippen molar-refractivity contribution in [3.8, 4) is 0 Å². The summed E-state index contributed by atoms with van der Waals surface area (Å²) in [5.41, 5.74) is 7.04. The van der Waals surface area contributed by atoms with Crippen molar-refractivity contribution < 1.29 is 13.2 Å². The maximum absolute atomic E-state index is 12.8. The van der Waals surface area contributed by atoms with Crippen LogP contribution >= 0.6 is 0 Å². The van der Waals surface area contributed by atoms with Crippen LogP contribution < -0.4 is 10.5 Å². The van der Waals surface area contributed by atoms with Crippen LogP contribution in [0.1, 0.15) is 17.5 Å². The minimum absolute atomic E-state index is 0.0180. The quantitative estimate of drug-likeness (QED) is 0.390. The second-order valence-corrected chi connectivity index (χ2v) is 9.49. The highest BCUT2D eigenvalue weighted by Gasteiger charge is 2.32. The van der Waals surface area contributed by atoms with Gasteiger partial charge in [0.1, 0.15) is 5.84 Å². The minimum Gasteiger partial charge on any atom is -0.384 e. The van der Waals surface area contributed by atoms with Crippen LogP contribution in [0.4, 0.5) is 0 Å². The van der Waals surface area contributed by atoms with Crippen LogP contribution in [-0.2, 0) is 21.4 Å². The maximum Gasteiger partial charge on any atom is 0.240 e. The fraction of sp³-hybridized carbons (Fsp3) is 0.217. The summed E-state index contributed by atoms with van der Waals surface area (Å²) in [5.74, 6) is -0.490. The molecule has 7 nitrogen and oxygen atoms in total. The van der Waals surface area contributed by atoms with Gasteiger partial charge in [-0.3, -0.25) is 10.2 Å². The van der Waals surface area contributed by atoms with Crippen molar-refractivity contribution in [2.45, 2.75) is 17.9 Å². The second-order valence-electron chi connectivity index (χ2n) is 7.72. The van der Waals surface area contributed by atoms with Gasteiger partial charge in [0, 0.05) is 25.2 Å². The molecule has 3 aromatic rings. The Hall–Kier alpha value is -3.23. The first-order valence-corrected chi connectivity index (χ1v) is 11.5. The second kappa shape index (κ2) is 8.49. The van der Waals surface area contributed by atoms with Gasteiger partial charge >= 0.3 is 0 Å². The van der Waals surface area contributed by atoms with Gasteiger partial charge in [0.2, 0.25) is 15.9 Å². The van der Waals surface area contributed by atoms with E-state index in [9.17, 15) is 13.2 Å². The van der Waals surface area contributed by atoms with Crippen LogP contribution in [0.5, 0.6) is 0 Å². The van der Waals surface area contributed by atoms with E-state index in [1.165, 1.54) is 0 Å². The van der Waals surface area contributed by atoms with E-state index in [1.807, 2.05) is 36.4 Å². The van der Waals surface area contributed by atoms with E-state index in [0.717, 1.165) is 16.3 Å². The number of carbonyl (C=O) groups is 1. The van der Waals surface area contributed by atoms with E-state index >= 15 is 0 Å². The molecule has 1 saturated heterocycles. The number of likely N-dealkylation sites (tertiary alicyclic amines) is 1. The number of nitrogens with zero attached hydrogens (tertiary/aromatic N) is 1. The molecule has 0 aromatic heterocycles. The monoisotopic (exact) mass is 436 g/mol. The number of sulfonamides is 1. The van der Waals surface area contributed by atoms with E-state index in [0.29, 0.717) is 25.1 Å². The highest BCUT2D eigenvalue weighted by atomic mass is 32.2. The fourth-order valence-corrected chi connectivity index (χ4v) is 4.95. The smallest absolute Gasteiger partial charge is 0.240 e. The molecule has 160 valence electrons. The van der Waals surface area contributed by atoms with Gasteiger partial charge in [0.25, 0.3) is 0 Å². The first-order valence-electron chi connectivity index (χ1n) is 10.0. The van der Waals surface area contributed by atoms with Crippen molar-refractivity contribution in [1.29, 1.82) is 5.41 Å². The summed E-state index contributed by atoms with van der Waals surface area (Å²) in [7, 11) is -3.71. The minimum atomic E-state index is -3.71. The number of rotatable bonds is 7. The molecule has 4 rings (SSSR count). The van der Waals surface area contributed by atoms with Crippen molar-refractivity contribution in [3.63, 3.8) is 0 Å². The van der Waals surface area contributed by atoms with E-state index in [1.54, 1.807) is 35.2 Å². The Kier molecular flexibility index (Phi) is 5.75. The lowest BCUT2D eigenvalue weighted by Crippen LogP contribution is -2.34. The molecule has 0 spiro atoms. The van der Waals surface area contributed by atoms with Gasteiger partial charge in [-0.25, -0.2) is 13.1 Å². The molecular weight excluding hydrogens is 412 g/mol. The Balaban J connectivity index is 1.40. The molecule has 1 aliphatic heterocycles. The largest absolute Gasteiger partial charge is 0.384 e. The summed E-state index contributed by atoms with van der Waals surface area (Å²) in [6.07, 6.45) is 0.589. The van der Waals surface area contributed by atoms with Crippen LogP contribution in [0.25, 0.3) is 10.8 Å². The maximum atomic E-state index is 12.8. The zero-order valence-corrected chi connectivity index (χ0v) is 17.7. The van der Waals surface area contributed by atoms with Gasteiger partial charge in [-0.1, -0.05) is 48.5 Å². The van der Waals surface area contributed by atoms with E-state index in [-0.39, 0.29) is 23.2 Å². The van der Waals surface area contributed by atoms with Crippen LogP contribution in [0.15, 0.2) is 71.6 Å². The van der Waals surface area contributed by atoms with Gasteiger partial charge < -0.3 is 10.6 Å². The normalized spacial score (nSPS) is 16.7. The average Bonchev–Trinajstić information content (AvgIpc) is 3.11. The van der Waals surface area contributed by atoms with Crippen molar-refractivity contribution in [1.82, 2.24) is 9.62 Å². The summed E-state index contributed by atoms with van der Waals surface area (Å²) in [5, 5.41) is 9.37. The van der Waals surface area contributed by atoms with Crippen molar-refractivity contribution in [3.05, 3.63) is 77.9 Å². The molecular formula is C23H24N4O3S. The lowest BCUT2D eigenvalue weighted by atomic mass is 10.1. The zero-order valence-electron chi connectivity index (χ0n) is 16.9. The molecule has 4 N–H and O–H groups in total. The number of fused-ring (bicyclic) bond motifs is 1. The number of nitrogens with one attached hydrogen (secondary N) is 2. The average molecular weight is 437 g/mol. The van der Waals surface area contributed by atoms with Crippen LogP contribution in [-0.4, -0.2) is 38.2 Å². The van der Waals surface area contributed by atoms with Gasteiger partial charge in [-0.15, -0.1) is 0 Å². The SMILES string of the molecule is N=C(N)c1cccc(CN2CC[C@@H](CNS(=O)(=O)c3ccc4ccccc4c3)C2=O)c1. The lowest BCUT2D eigenvalue weighted by Gasteiger charge is -2.17.